The van der Waals surface area contributed by atoms with Gasteiger partial charge in [-0.25, -0.2) is 0 Å². The Bertz CT molecular complexity index is 604. The van der Waals surface area contributed by atoms with Crippen molar-refractivity contribution >= 4 is 0 Å². The number of fused-ring (bicyclic) bond motifs is 5. The molecule has 0 aromatic heterocycles. The molecule has 7 atom stereocenters. The quantitative estimate of drug-likeness (QED) is 0.774. The zero-order chi connectivity index (χ0) is 16.4. The monoisotopic (exact) mass is 316 g/mol. The molecule has 4 aliphatic carbocycles. The Kier molecular flexibility index (Phi) is 3.34. The summed E-state index contributed by atoms with van der Waals surface area (Å²) in [5.41, 5.74) is 1.20. The maximum absolute atomic E-state index is 10.6. The van der Waals surface area contributed by atoms with Crippen LogP contribution in [0.25, 0.3) is 0 Å². The third kappa shape index (κ3) is 1.96. The molecule has 0 aromatic rings. The minimum absolute atomic E-state index is 0.0270. The number of methoxy groups -OCH3 is 1. The Labute approximate surface area is 138 Å². The lowest BCUT2D eigenvalue weighted by atomic mass is 9.49. The molecule has 0 saturated heterocycles. The summed E-state index contributed by atoms with van der Waals surface area (Å²) in [6.45, 7) is 4.58. The average Bonchev–Trinajstić information content (AvgIpc) is 2.83. The number of ether oxygens (including phenoxy) is 1. The highest BCUT2D eigenvalue weighted by Crippen LogP contribution is 2.63. The van der Waals surface area contributed by atoms with Gasteiger partial charge in [-0.3, -0.25) is 0 Å². The van der Waals surface area contributed by atoms with Crippen LogP contribution in [0.15, 0.2) is 35.6 Å². The number of hydrogen-bond donors (Lipinski definition) is 2. The Morgan fingerprint density at radius 3 is 2.70 bits per heavy atom. The van der Waals surface area contributed by atoms with Crippen molar-refractivity contribution in [2.24, 2.45) is 28.6 Å². The van der Waals surface area contributed by atoms with E-state index in [-0.39, 0.29) is 23.0 Å². The molecule has 3 heteroatoms. The maximum atomic E-state index is 10.6. The summed E-state index contributed by atoms with van der Waals surface area (Å²) in [6.07, 6.45) is 12.3. The molecule has 4 aliphatic rings. The van der Waals surface area contributed by atoms with E-state index in [0.717, 1.165) is 25.7 Å². The van der Waals surface area contributed by atoms with Crippen molar-refractivity contribution in [3.05, 3.63) is 35.6 Å². The van der Waals surface area contributed by atoms with Gasteiger partial charge in [-0.1, -0.05) is 26.0 Å². The summed E-state index contributed by atoms with van der Waals surface area (Å²) in [7, 11) is 1.79. The van der Waals surface area contributed by atoms with Crippen LogP contribution in [0.4, 0.5) is 0 Å². The lowest BCUT2D eigenvalue weighted by molar-refractivity contribution is -0.0969. The molecule has 4 rings (SSSR count). The number of hydrogen-bond acceptors (Lipinski definition) is 3. The van der Waals surface area contributed by atoms with Gasteiger partial charge in [0.15, 0.2) is 0 Å². The first-order valence-electron chi connectivity index (χ1n) is 8.93. The van der Waals surface area contributed by atoms with Crippen LogP contribution < -0.4 is 0 Å². The Morgan fingerprint density at radius 2 is 1.96 bits per heavy atom. The molecular weight excluding hydrogens is 288 g/mol. The fourth-order valence-electron chi connectivity index (χ4n) is 6.12. The van der Waals surface area contributed by atoms with Crippen molar-refractivity contribution in [1.82, 2.24) is 0 Å². The van der Waals surface area contributed by atoms with Gasteiger partial charge >= 0.3 is 0 Å². The molecule has 3 nitrogen and oxygen atoms in total. The number of aliphatic hydroxyl groups is 2. The molecule has 0 bridgehead atoms. The summed E-state index contributed by atoms with van der Waals surface area (Å²) in [5, 5.41) is 20.5. The van der Waals surface area contributed by atoms with Gasteiger partial charge in [0.2, 0.25) is 0 Å². The van der Waals surface area contributed by atoms with E-state index in [0.29, 0.717) is 23.5 Å². The third-order valence-electron chi connectivity index (χ3n) is 7.57. The fourth-order valence-corrected chi connectivity index (χ4v) is 6.12. The molecule has 0 aliphatic heterocycles. The zero-order valence-electron chi connectivity index (χ0n) is 14.3. The van der Waals surface area contributed by atoms with Gasteiger partial charge in [-0.2, -0.15) is 0 Å². The first kappa shape index (κ1) is 15.5. The van der Waals surface area contributed by atoms with Gasteiger partial charge < -0.3 is 14.9 Å². The van der Waals surface area contributed by atoms with Crippen LogP contribution in [0, 0.1) is 28.6 Å². The van der Waals surface area contributed by atoms with Gasteiger partial charge in [-0.15, -0.1) is 0 Å². The van der Waals surface area contributed by atoms with Crippen LogP contribution in [0.3, 0.4) is 0 Å². The van der Waals surface area contributed by atoms with Crippen LogP contribution in [-0.4, -0.2) is 29.5 Å². The lowest BCUT2D eigenvalue weighted by Gasteiger charge is -2.57. The van der Waals surface area contributed by atoms with E-state index in [1.165, 1.54) is 5.57 Å². The summed E-state index contributed by atoms with van der Waals surface area (Å²) in [5.74, 6) is 1.81. The largest absolute Gasteiger partial charge is 0.508 e. The van der Waals surface area contributed by atoms with Crippen LogP contribution in [0.1, 0.15) is 39.5 Å². The second-order valence-electron chi connectivity index (χ2n) is 8.44. The van der Waals surface area contributed by atoms with Gasteiger partial charge in [-0.05, 0) is 66.6 Å². The average molecular weight is 316 g/mol. The third-order valence-corrected chi connectivity index (χ3v) is 7.57. The van der Waals surface area contributed by atoms with E-state index >= 15 is 0 Å². The van der Waals surface area contributed by atoms with Crippen molar-refractivity contribution in [1.29, 1.82) is 0 Å². The standard InChI is InChI=1S/C20H28O3/c1-19-8-6-13(21)10-12(19)11-16(23-3)18-14-4-5-17(22)20(14,2)9-7-15(18)19/h6,8,10-11,14-18,21-22H,4-5,7,9H2,1-3H3/t14-,15-,16-,17-,18-,19-,20-/m0/s1. The first-order valence-corrected chi connectivity index (χ1v) is 8.93. The summed E-state index contributed by atoms with van der Waals surface area (Å²) in [4.78, 5) is 0. The second-order valence-corrected chi connectivity index (χ2v) is 8.44. The van der Waals surface area contributed by atoms with Gasteiger partial charge in [0.05, 0.1) is 12.2 Å². The second kappa shape index (κ2) is 4.97. The molecule has 0 heterocycles. The molecule has 2 fully saturated rings. The fraction of sp³-hybridized carbons (Fsp3) is 0.700. The van der Waals surface area contributed by atoms with Crippen molar-refractivity contribution in [3.63, 3.8) is 0 Å². The molecule has 0 unspecified atom stereocenters. The van der Waals surface area contributed by atoms with E-state index in [9.17, 15) is 10.2 Å². The molecule has 0 amide bonds. The zero-order valence-corrected chi connectivity index (χ0v) is 14.3. The minimum Gasteiger partial charge on any atom is -0.508 e. The molecule has 23 heavy (non-hydrogen) atoms. The van der Waals surface area contributed by atoms with Gasteiger partial charge in [0.25, 0.3) is 0 Å². The van der Waals surface area contributed by atoms with E-state index < -0.39 is 0 Å². The normalized spacial score (nSPS) is 51.4. The highest BCUT2D eigenvalue weighted by molar-refractivity contribution is 5.44. The van der Waals surface area contributed by atoms with Crippen LogP contribution in [-0.2, 0) is 4.74 Å². The topological polar surface area (TPSA) is 49.7 Å². The van der Waals surface area contributed by atoms with Gasteiger partial charge in [0, 0.05) is 12.5 Å². The van der Waals surface area contributed by atoms with Gasteiger partial charge in [0.1, 0.15) is 5.76 Å². The molecule has 0 aromatic carbocycles. The summed E-state index contributed by atoms with van der Waals surface area (Å²) >= 11 is 0. The molecule has 2 saturated carbocycles. The van der Waals surface area contributed by atoms with Crippen molar-refractivity contribution in [3.8, 4) is 0 Å². The number of rotatable bonds is 1. The van der Waals surface area contributed by atoms with Crippen LogP contribution in [0.5, 0.6) is 0 Å². The summed E-state index contributed by atoms with van der Waals surface area (Å²) in [6, 6.07) is 0. The van der Waals surface area contributed by atoms with Crippen molar-refractivity contribution in [2.45, 2.75) is 51.7 Å². The SMILES string of the molecule is CO[C@H]1C=C2C=C(O)C=C[C@]2(C)[C@H]2CC[C@]3(C)[C@@H](O)CC[C@H]3[C@H]12. The smallest absolute Gasteiger partial charge is 0.115 e. The minimum atomic E-state index is -0.171. The Morgan fingerprint density at radius 1 is 1.17 bits per heavy atom. The molecule has 0 spiro atoms. The number of aliphatic hydroxyl groups excluding tert-OH is 2. The predicted molar refractivity (Wildman–Crippen MR) is 89.9 cm³/mol. The van der Waals surface area contributed by atoms with E-state index in [2.05, 4.69) is 26.0 Å². The molecule has 0 radical (unpaired) electrons. The Hall–Kier alpha value is -1.06. The molecule has 126 valence electrons. The number of allylic oxidation sites excluding steroid dienone is 4. The maximum Gasteiger partial charge on any atom is 0.115 e. The van der Waals surface area contributed by atoms with E-state index in [4.69, 9.17) is 4.74 Å². The van der Waals surface area contributed by atoms with Crippen LogP contribution in [0.2, 0.25) is 0 Å². The first-order chi connectivity index (χ1) is 10.9. The highest BCUT2D eigenvalue weighted by atomic mass is 16.5. The van der Waals surface area contributed by atoms with Crippen molar-refractivity contribution in [2.75, 3.05) is 7.11 Å². The van der Waals surface area contributed by atoms with Crippen LogP contribution >= 0.6 is 0 Å². The molecule has 2 N–H and O–H groups in total. The Balaban J connectivity index is 1.80. The van der Waals surface area contributed by atoms with Crippen molar-refractivity contribution < 1.29 is 14.9 Å². The van der Waals surface area contributed by atoms with E-state index in [1.807, 2.05) is 12.2 Å². The predicted octanol–water partition coefficient (Wildman–Crippen LogP) is 3.76. The highest BCUT2D eigenvalue weighted by Gasteiger charge is 2.60. The molecular formula is C20H28O3. The lowest BCUT2D eigenvalue weighted by Crippen LogP contribution is -2.54. The summed E-state index contributed by atoms with van der Waals surface area (Å²) < 4.78 is 5.89. The van der Waals surface area contributed by atoms with E-state index in [1.54, 1.807) is 7.11 Å².